The smallest absolute Gasteiger partial charge is 0.407 e. The van der Waals surface area contributed by atoms with Crippen LogP contribution < -0.4 is 10.7 Å². The Morgan fingerprint density at radius 1 is 0.837 bits per heavy atom. The lowest BCUT2D eigenvalue weighted by Crippen LogP contribution is -2.58. The number of alkyl carbamates (subject to hydrolysis) is 1. The van der Waals surface area contributed by atoms with E-state index in [1.54, 1.807) is 6.08 Å². The van der Waals surface area contributed by atoms with Crippen molar-refractivity contribution in [3.63, 3.8) is 0 Å². The number of carbonyl (C=O) groups is 4. The summed E-state index contributed by atoms with van der Waals surface area (Å²) < 4.78 is 5.58. The maximum Gasteiger partial charge on any atom is 0.407 e. The number of hydrazine groups is 1. The molecule has 3 aromatic rings. The van der Waals surface area contributed by atoms with E-state index < -0.39 is 48.4 Å². The van der Waals surface area contributed by atoms with Crippen LogP contribution in [-0.2, 0) is 19.1 Å². The molecule has 0 heterocycles. The van der Waals surface area contributed by atoms with Crippen LogP contribution in [0.1, 0.15) is 63.1 Å². The molecule has 0 fully saturated rings. The lowest BCUT2D eigenvalue weighted by Gasteiger charge is -2.32. The normalized spacial score (nSPS) is 14.2. The average molecular weight is 670 g/mol. The van der Waals surface area contributed by atoms with E-state index in [1.165, 1.54) is 0 Å². The van der Waals surface area contributed by atoms with Crippen molar-refractivity contribution in [2.75, 3.05) is 19.8 Å². The maximum absolute atomic E-state index is 13.8. The van der Waals surface area contributed by atoms with Crippen LogP contribution in [0.3, 0.4) is 0 Å². The predicted octanol–water partition coefficient (Wildman–Crippen LogP) is 5.87. The van der Waals surface area contributed by atoms with Gasteiger partial charge in [0.2, 0.25) is 5.91 Å². The van der Waals surface area contributed by atoms with Crippen LogP contribution in [0.4, 0.5) is 4.79 Å². The summed E-state index contributed by atoms with van der Waals surface area (Å²) in [6, 6.07) is 23.9. The first-order chi connectivity index (χ1) is 23.5. The van der Waals surface area contributed by atoms with Gasteiger partial charge in [0.25, 0.3) is 5.91 Å². The van der Waals surface area contributed by atoms with Crippen molar-refractivity contribution in [1.82, 2.24) is 15.8 Å². The van der Waals surface area contributed by atoms with Gasteiger partial charge in [0.1, 0.15) is 12.6 Å². The molecule has 260 valence electrons. The number of amides is 3. The van der Waals surface area contributed by atoms with Crippen molar-refractivity contribution in [2.45, 2.75) is 52.5 Å². The first-order valence-electron chi connectivity index (χ1n) is 16.8. The molecule has 3 amide bonds. The lowest BCUT2D eigenvalue weighted by atomic mass is 9.82. The maximum atomic E-state index is 13.8. The third-order valence-corrected chi connectivity index (χ3v) is 8.54. The van der Waals surface area contributed by atoms with Crippen molar-refractivity contribution in [3.8, 4) is 11.1 Å². The summed E-state index contributed by atoms with van der Waals surface area (Å²) in [5.41, 5.74) is 7.75. The van der Waals surface area contributed by atoms with Crippen LogP contribution in [0.2, 0.25) is 0 Å². The van der Waals surface area contributed by atoms with Crippen LogP contribution in [0.15, 0.2) is 84.9 Å². The van der Waals surface area contributed by atoms with Crippen molar-refractivity contribution in [3.05, 3.63) is 102 Å². The third kappa shape index (κ3) is 9.79. The molecule has 0 spiro atoms. The number of aliphatic hydroxyl groups is 1. The zero-order valence-electron chi connectivity index (χ0n) is 28.5. The standard InChI is InChI=1S/C39H47N3O7/c1-25(2)21-33(32(38(46)47)20-12-15-27-13-6-5-7-14-27)36(44)41-42(22-26(3)4)37(45)35(23-43)40-39(48)49-24-34-30-18-10-8-16-28(30)29-17-9-11-19-31(29)34/h5-19,25-26,32-35,43H,20-24H2,1-4H3,(H,40,48)(H,41,44)(H,46,47)/t32-,33+,35+/m0/s1. The van der Waals surface area contributed by atoms with Gasteiger partial charge in [-0.25, -0.2) is 4.79 Å². The Morgan fingerprint density at radius 2 is 1.43 bits per heavy atom. The number of nitrogens with one attached hydrogen (secondary N) is 2. The Balaban J connectivity index is 1.44. The fourth-order valence-electron chi connectivity index (χ4n) is 6.24. The highest BCUT2D eigenvalue weighted by atomic mass is 16.5. The number of aliphatic carboxylic acids is 1. The number of aliphatic hydroxyl groups excluding tert-OH is 1. The molecule has 0 saturated heterocycles. The van der Waals surface area contributed by atoms with Gasteiger partial charge in [0.15, 0.2) is 0 Å². The van der Waals surface area contributed by atoms with E-state index in [2.05, 4.69) is 10.7 Å². The highest BCUT2D eigenvalue weighted by Crippen LogP contribution is 2.44. The van der Waals surface area contributed by atoms with E-state index in [0.717, 1.165) is 32.8 Å². The molecule has 0 aromatic heterocycles. The van der Waals surface area contributed by atoms with Gasteiger partial charge in [-0.15, -0.1) is 0 Å². The number of fused-ring (bicyclic) bond motifs is 3. The Hall–Kier alpha value is -4.96. The number of allylic oxidation sites excluding steroid dienone is 1. The molecule has 10 heteroatoms. The molecule has 0 radical (unpaired) electrons. The van der Waals surface area contributed by atoms with E-state index in [1.807, 2.05) is 113 Å². The van der Waals surface area contributed by atoms with Crippen LogP contribution in [-0.4, -0.2) is 64.9 Å². The molecule has 0 bridgehead atoms. The molecule has 4 rings (SSSR count). The number of carbonyl (C=O) groups excluding carboxylic acids is 3. The van der Waals surface area contributed by atoms with E-state index in [9.17, 15) is 29.4 Å². The largest absolute Gasteiger partial charge is 0.481 e. The van der Waals surface area contributed by atoms with E-state index in [0.29, 0.717) is 0 Å². The van der Waals surface area contributed by atoms with Crippen LogP contribution in [0.5, 0.6) is 0 Å². The van der Waals surface area contributed by atoms with Gasteiger partial charge in [0.05, 0.1) is 18.4 Å². The number of nitrogens with zero attached hydrogens (tertiary/aromatic N) is 1. The zero-order chi connectivity index (χ0) is 35.5. The zero-order valence-corrected chi connectivity index (χ0v) is 28.5. The number of ether oxygens (including phenoxy) is 1. The number of hydrogen-bond donors (Lipinski definition) is 4. The molecule has 49 heavy (non-hydrogen) atoms. The molecular weight excluding hydrogens is 622 g/mol. The Bertz CT molecular complexity index is 1580. The molecule has 4 N–H and O–H groups in total. The number of rotatable bonds is 15. The Kier molecular flexibility index (Phi) is 13.1. The lowest BCUT2D eigenvalue weighted by molar-refractivity contribution is -0.152. The Labute approximate surface area is 288 Å². The van der Waals surface area contributed by atoms with Crippen LogP contribution in [0.25, 0.3) is 17.2 Å². The highest BCUT2D eigenvalue weighted by Gasteiger charge is 2.36. The van der Waals surface area contributed by atoms with Gasteiger partial charge in [-0.1, -0.05) is 119 Å². The molecule has 3 atom stereocenters. The van der Waals surface area contributed by atoms with Crippen LogP contribution >= 0.6 is 0 Å². The van der Waals surface area contributed by atoms with Crippen molar-refractivity contribution in [1.29, 1.82) is 0 Å². The topological polar surface area (TPSA) is 145 Å². The summed E-state index contributed by atoms with van der Waals surface area (Å²) >= 11 is 0. The molecule has 1 aliphatic rings. The molecule has 3 aromatic carbocycles. The number of carboxylic acids is 1. The van der Waals surface area contributed by atoms with Gasteiger partial charge < -0.3 is 20.3 Å². The van der Waals surface area contributed by atoms with Gasteiger partial charge in [-0.3, -0.25) is 24.8 Å². The molecule has 0 aliphatic heterocycles. The minimum Gasteiger partial charge on any atom is -0.481 e. The van der Waals surface area contributed by atoms with Crippen molar-refractivity contribution in [2.24, 2.45) is 23.7 Å². The number of carboxylic acid groups (broad SMARTS) is 1. The highest BCUT2D eigenvalue weighted by molar-refractivity contribution is 5.90. The van der Waals surface area contributed by atoms with E-state index in [4.69, 9.17) is 4.74 Å². The molecule has 0 unspecified atom stereocenters. The summed E-state index contributed by atoms with van der Waals surface area (Å²) in [7, 11) is 0. The molecule has 10 nitrogen and oxygen atoms in total. The average Bonchev–Trinajstić information content (AvgIpc) is 3.40. The second kappa shape index (κ2) is 17.4. The predicted molar refractivity (Wildman–Crippen MR) is 188 cm³/mol. The number of benzene rings is 3. The fraction of sp³-hybridized carbons (Fsp3) is 0.385. The summed E-state index contributed by atoms with van der Waals surface area (Å²) in [4.78, 5) is 52.9. The summed E-state index contributed by atoms with van der Waals surface area (Å²) in [5, 5.41) is 23.8. The number of hydrogen-bond acceptors (Lipinski definition) is 6. The summed E-state index contributed by atoms with van der Waals surface area (Å²) in [6.07, 6.45) is 3.05. The molecular formula is C39H47N3O7. The minimum atomic E-state index is -1.41. The van der Waals surface area contributed by atoms with Crippen molar-refractivity contribution < 1.29 is 34.1 Å². The van der Waals surface area contributed by atoms with Crippen LogP contribution in [0, 0.1) is 23.7 Å². The second-order valence-corrected chi connectivity index (χ2v) is 13.3. The van der Waals surface area contributed by atoms with E-state index >= 15 is 0 Å². The quantitative estimate of drug-likeness (QED) is 0.148. The summed E-state index contributed by atoms with van der Waals surface area (Å²) in [6.45, 7) is 6.83. The van der Waals surface area contributed by atoms with Gasteiger partial charge >= 0.3 is 12.1 Å². The first-order valence-corrected chi connectivity index (χ1v) is 16.8. The minimum absolute atomic E-state index is 0.00891. The van der Waals surface area contributed by atoms with Crippen molar-refractivity contribution >= 4 is 30.0 Å². The Morgan fingerprint density at radius 3 is 1.98 bits per heavy atom. The van der Waals surface area contributed by atoms with Gasteiger partial charge in [-0.2, -0.15) is 0 Å². The monoisotopic (exact) mass is 669 g/mol. The van der Waals surface area contributed by atoms with Gasteiger partial charge in [0, 0.05) is 12.5 Å². The summed E-state index contributed by atoms with van der Waals surface area (Å²) in [5.74, 6) is -4.81. The SMILES string of the molecule is CC(C)C[C@@H](C(=O)NN(CC(C)C)C(=O)[C@@H](CO)NC(=O)OCC1c2ccccc2-c2ccccc21)[C@H](CC=Cc1ccccc1)C(=O)O. The third-order valence-electron chi connectivity index (χ3n) is 8.54. The molecule has 1 aliphatic carbocycles. The van der Waals surface area contributed by atoms with Gasteiger partial charge in [-0.05, 0) is 52.5 Å². The first kappa shape index (κ1) is 36.9. The molecule has 0 saturated carbocycles. The fourth-order valence-corrected chi connectivity index (χ4v) is 6.24. The van der Waals surface area contributed by atoms with E-state index in [-0.39, 0.29) is 43.7 Å². The second-order valence-electron chi connectivity index (χ2n) is 13.3.